The van der Waals surface area contributed by atoms with Crippen LogP contribution in [0.1, 0.15) is 51.1 Å². The zero-order chi connectivity index (χ0) is 29.1. The molecule has 4 aromatic rings. The SMILES string of the molecule is COc1cc2c3c(n(C)c(=O)c2cc1OC)-c1cc2c(cc1/C3=C\CCCCN1C(=O)c3ccccc3C1=O)OCO2. The predicted octanol–water partition coefficient (Wildman–Crippen LogP) is 5.16. The molecular weight excluding hydrogens is 536 g/mol. The van der Waals surface area contributed by atoms with Crippen LogP contribution >= 0.6 is 0 Å². The summed E-state index contributed by atoms with van der Waals surface area (Å²) >= 11 is 0. The van der Waals surface area contributed by atoms with Crippen LogP contribution in [0.15, 0.2) is 59.4 Å². The number of imide groups is 1. The first-order chi connectivity index (χ1) is 20.4. The quantitative estimate of drug-likeness (QED) is 0.199. The Morgan fingerprint density at radius 3 is 2.07 bits per heavy atom. The molecular formula is C33H28N2O7. The van der Waals surface area contributed by atoms with E-state index in [1.165, 1.54) is 4.90 Å². The van der Waals surface area contributed by atoms with E-state index in [1.54, 1.807) is 56.2 Å². The Hall–Kier alpha value is -5.05. The molecule has 0 saturated carbocycles. The number of unbranched alkanes of at least 4 members (excludes halogenated alkanes) is 2. The third kappa shape index (κ3) is 3.73. The first kappa shape index (κ1) is 25.9. The van der Waals surface area contributed by atoms with Gasteiger partial charge in [0.2, 0.25) is 6.79 Å². The number of rotatable bonds is 7. The molecule has 3 aliphatic rings. The number of benzene rings is 3. The highest BCUT2D eigenvalue weighted by molar-refractivity contribution is 6.21. The summed E-state index contributed by atoms with van der Waals surface area (Å²) in [5.41, 5.74) is 5.33. The average Bonchev–Trinajstić information content (AvgIpc) is 3.67. The zero-order valence-electron chi connectivity index (χ0n) is 23.5. The van der Waals surface area contributed by atoms with Crippen LogP contribution in [-0.2, 0) is 7.05 Å². The van der Waals surface area contributed by atoms with Crippen molar-refractivity contribution in [3.63, 3.8) is 0 Å². The monoisotopic (exact) mass is 564 g/mol. The molecule has 0 atom stereocenters. The number of ether oxygens (including phenoxy) is 4. The molecule has 2 aliphatic heterocycles. The summed E-state index contributed by atoms with van der Waals surface area (Å²) in [6, 6.07) is 14.4. The Morgan fingerprint density at radius 2 is 1.43 bits per heavy atom. The van der Waals surface area contributed by atoms with Gasteiger partial charge in [-0.15, -0.1) is 0 Å². The van der Waals surface area contributed by atoms with E-state index in [1.807, 2.05) is 18.2 Å². The molecule has 0 radical (unpaired) electrons. The number of carbonyl (C=O) groups is 2. The zero-order valence-corrected chi connectivity index (χ0v) is 23.5. The Bertz CT molecular complexity index is 1890. The number of pyridine rings is 1. The third-order valence-corrected chi connectivity index (χ3v) is 8.29. The van der Waals surface area contributed by atoms with Crippen molar-refractivity contribution in [1.29, 1.82) is 0 Å². The van der Waals surface area contributed by atoms with Gasteiger partial charge in [-0.05, 0) is 66.8 Å². The fraction of sp³-hybridized carbons (Fsp3) is 0.242. The standard InChI is InChI=1S/C33H28N2O7/c1-34-30-23-15-28-27(41-17-42-28)13-21(23)18(29(30)22-14-25(39-2)26(40-3)16-24(22)31(34)36)9-5-4-8-12-35-32(37)19-10-6-7-11-20(19)33(35)38/h6-7,9-11,13-16H,4-5,8,12,17H2,1-3H3/b18-9+. The maximum Gasteiger partial charge on any atom is 0.261 e. The molecule has 9 heteroatoms. The minimum atomic E-state index is -0.236. The van der Waals surface area contributed by atoms with Gasteiger partial charge < -0.3 is 23.5 Å². The van der Waals surface area contributed by atoms with Crippen molar-refractivity contribution in [2.75, 3.05) is 27.6 Å². The first-order valence-corrected chi connectivity index (χ1v) is 13.8. The molecule has 3 aromatic carbocycles. The lowest BCUT2D eigenvalue weighted by molar-refractivity contribution is 0.0652. The van der Waals surface area contributed by atoms with Crippen molar-refractivity contribution in [3.8, 4) is 34.3 Å². The molecule has 9 nitrogen and oxygen atoms in total. The maximum atomic E-state index is 13.6. The summed E-state index contributed by atoms with van der Waals surface area (Å²) in [4.78, 5) is 40.4. The van der Waals surface area contributed by atoms with Gasteiger partial charge in [-0.2, -0.15) is 0 Å². The van der Waals surface area contributed by atoms with Crippen LogP contribution < -0.4 is 24.5 Å². The summed E-state index contributed by atoms with van der Waals surface area (Å²) in [7, 11) is 4.90. The van der Waals surface area contributed by atoms with Gasteiger partial charge in [0.05, 0.1) is 36.4 Å². The third-order valence-electron chi connectivity index (χ3n) is 8.29. The van der Waals surface area contributed by atoms with Crippen LogP contribution in [0.4, 0.5) is 0 Å². The topological polar surface area (TPSA) is 96.3 Å². The molecule has 0 saturated heterocycles. The van der Waals surface area contributed by atoms with Crippen LogP contribution in [0, 0.1) is 0 Å². The van der Waals surface area contributed by atoms with Crippen molar-refractivity contribution in [1.82, 2.24) is 9.47 Å². The lowest BCUT2D eigenvalue weighted by Gasteiger charge is -2.15. The number of methoxy groups -OCH3 is 2. The Balaban J connectivity index is 1.25. The second-order valence-electron chi connectivity index (χ2n) is 10.5. The lowest BCUT2D eigenvalue weighted by Crippen LogP contribution is -2.30. The molecule has 2 amide bonds. The molecule has 0 bridgehead atoms. The summed E-state index contributed by atoms with van der Waals surface area (Å²) in [5.74, 6) is 1.84. The van der Waals surface area contributed by atoms with Gasteiger partial charge in [-0.1, -0.05) is 18.2 Å². The fourth-order valence-electron chi connectivity index (χ4n) is 6.24. The summed E-state index contributed by atoms with van der Waals surface area (Å²) in [6.07, 6.45) is 4.28. The first-order valence-electron chi connectivity index (χ1n) is 13.8. The molecule has 212 valence electrons. The van der Waals surface area contributed by atoms with Crippen molar-refractivity contribution in [2.24, 2.45) is 7.05 Å². The smallest absolute Gasteiger partial charge is 0.261 e. The van der Waals surface area contributed by atoms with Gasteiger partial charge in [-0.25, -0.2) is 0 Å². The molecule has 0 N–H and O–H groups in total. The van der Waals surface area contributed by atoms with Crippen LogP contribution in [-0.4, -0.2) is 48.8 Å². The Kier molecular flexibility index (Phi) is 6.04. The number of allylic oxidation sites excluding steroid dienone is 1. The second kappa shape index (κ2) is 9.80. The number of nitrogens with zero attached hydrogens (tertiary/aromatic N) is 2. The number of aromatic nitrogens is 1. The highest BCUT2D eigenvalue weighted by Gasteiger charge is 2.35. The number of hydrogen-bond donors (Lipinski definition) is 0. The second-order valence-corrected chi connectivity index (χ2v) is 10.5. The molecule has 0 unspecified atom stereocenters. The number of hydrogen-bond acceptors (Lipinski definition) is 7. The van der Waals surface area contributed by atoms with E-state index in [0.717, 1.165) is 39.8 Å². The van der Waals surface area contributed by atoms with Crippen LogP contribution in [0.25, 0.3) is 27.6 Å². The van der Waals surface area contributed by atoms with E-state index < -0.39 is 0 Å². The Morgan fingerprint density at radius 1 is 0.810 bits per heavy atom. The Labute approximate surface area is 241 Å². The van der Waals surface area contributed by atoms with E-state index in [-0.39, 0.29) is 24.2 Å². The summed E-state index contributed by atoms with van der Waals surface area (Å²) in [5, 5.41) is 1.29. The summed E-state index contributed by atoms with van der Waals surface area (Å²) in [6.45, 7) is 0.505. The van der Waals surface area contributed by atoms with Crippen LogP contribution in [0.2, 0.25) is 0 Å². The van der Waals surface area contributed by atoms with E-state index in [0.29, 0.717) is 58.9 Å². The van der Waals surface area contributed by atoms with Gasteiger partial charge in [-0.3, -0.25) is 19.3 Å². The van der Waals surface area contributed by atoms with Crippen LogP contribution in [0.5, 0.6) is 23.0 Å². The molecule has 7 rings (SSSR count). The number of amides is 2. The maximum absolute atomic E-state index is 13.6. The van der Waals surface area contributed by atoms with Crippen molar-refractivity contribution in [3.05, 3.63) is 87.2 Å². The molecule has 1 aliphatic carbocycles. The van der Waals surface area contributed by atoms with Crippen molar-refractivity contribution < 1.29 is 28.5 Å². The molecule has 0 fully saturated rings. The van der Waals surface area contributed by atoms with Gasteiger partial charge in [0, 0.05) is 30.1 Å². The molecule has 1 aromatic heterocycles. The normalized spacial score (nSPS) is 15.4. The molecule has 0 spiro atoms. The highest BCUT2D eigenvalue weighted by atomic mass is 16.7. The van der Waals surface area contributed by atoms with Crippen molar-refractivity contribution in [2.45, 2.75) is 19.3 Å². The minimum Gasteiger partial charge on any atom is -0.493 e. The number of carbonyl (C=O) groups excluding carboxylic acids is 2. The van der Waals surface area contributed by atoms with E-state index in [4.69, 9.17) is 18.9 Å². The lowest BCUT2D eigenvalue weighted by atomic mass is 9.97. The summed E-state index contributed by atoms with van der Waals surface area (Å²) < 4.78 is 24.2. The van der Waals surface area contributed by atoms with E-state index in [2.05, 4.69) is 6.08 Å². The van der Waals surface area contributed by atoms with Gasteiger partial charge >= 0.3 is 0 Å². The van der Waals surface area contributed by atoms with Gasteiger partial charge in [0.25, 0.3) is 17.4 Å². The van der Waals surface area contributed by atoms with E-state index >= 15 is 0 Å². The largest absolute Gasteiger partial charge is 0.493 e. The average molecular weight is 565 g/mol. The fourth-order valence-corrected chi connectivity index (χ4v) is 6.24. The van der Waals surface area contributed by atoms with Gasteiger partial charge in [0.15, 0.2) is 23.0 Å². The van der Waals surface area contributed by atoms with Crippen molar-refractivity contribution >= 4 is 28.2 Å². The highest BCUT2D eigenvalue weighted by Crippen LogP contribution is 2.51. The number of fused-ring (bicyclic) bond motifs is 7. The van der Waals surface area contributed by atoms with Gasteiger partial charge in [0.1, 0.15) is 0 Å². The van der Waals surface area contributed by atoms with E-state index in [9.17, 15) is 14.4 Å². The molecule has 42 heavy (non-hydrogen) atoms. The minimum absolute atomic E-state index is 0.143. The molecule has 3 heterocycles. The predicted molar refractivity (Wildman–Crippen MR) is 157 cm³/mol. The van der Waals surface area contributed by atoms with Crippen LogP contribution in [0.3, 0.4) is 0 Å².